The Morgan fingerprint density at radius 3 is 2.41 bits per heavy atom. The number of hydrogen-bond donors (Lipinski definition) is 0. The monoisotopic (exact) mass is 370 g/mol. The molecule has 2 heterocycles. The molecule has 146 valence electrons. The lowest BCUT2D eigenvalue weighted by Crippen LogP contribution is -2.18. The Balaban J connectivity index is 1.54. The molecule has 0 saturated carbocycles. The lowest BCUT2D eigenvalue weighted by Gasteiger charge is -2.26. The molecule has 2 aliphatic heterocycles. The van der Waals surface area contributed by atoms with Gasteiger partial charge in [0.05, 0.1) is 25.9 Å². The van der Waals surface area contributed by atoms with Gasteiger partial charge >= 0.3 is 0 Å². The molecule has 2 aliphatic rings. The van der Waals surface area contributed by atoms with Gasteiger partial charge in [0.15, 0.2) is 0 Å². The maximum Gasteiger partial charge on any atom is 0.119 e. The first-order chi connectivity index (χ1) is 13.0. The summed E-state index contributed by atoms with van der Waals surface area (Å²) in [6.45, 7) is 13.6. The van der Waals surface area contributed by atoms with Gasteiger partial charge in [0, 0.05) is 11.8 Å². The van der Waals surface area contributed by atoms with Crippen LogP contribution in [0.3, 0.4) is 0 Å². The van der Waals surface area contributed by atoms with E-state index in [1.54, 1.807) is 0 Å². The van der Waals surface area contributed by atoms with Gasteiger partial charge in [0.1, 0.15) is 24.2 Å². The lowest BCUT2D eigenvalue weighted by molar-refractivity contribution is 0.207. The van der Waals surface area contributed by atoms with Crippen LogP contribution in [-0.4, -0.2) is 38.6 Å². The second kappa shape index (κ2) is 8.77. The van der Waals surface area contributed by atoms with Crippen molar-refractivity contribution in [1.29, 1.82) is 0 Å². The SMILES string of the molecule is C=C(/C=C\C(=C/C)OCCC1CO1)C(C)(C)c1ccc(OCC2CO2)cc1. The zero-order valence-corrected chi connectivity index (χ0v) is 16.6. The highest BCUT2D eigenvalue weighted by Gasteiger charge is 2.25. The van der Waals surface area contributed by atoms with E-state index in [1.165, 1.54) is 5.56 Å². The van der Waals surface area contributed by atoms with Crippen LogP contribution in [0.25, 0.3) is 0 Å². The Hall–Kier alpha value is -2.04. The minimum atomic E-state index is -0.185. The lowest BCUT2D eigenvalue weighted by atomic mass is 9.78. The van der Waals surface area contributed by atoms with Crippen LogP contribution < -0.4 is 4.74 Å². The second-order valence-electron chi connectivity index (χ2n) is 7.56. The first-order valence-electron chi connectivity index (χ1n) is 9.62. The second-order valence-corrected chi connectivity index (χ2v) is 7.56. The predicted octanol–water partition coefficient (Wildman–Crippen LogP) is 4.56. The number of epoxide rings is 2. The molecule has 0 aliphatic carbocycles. The van der Waals surface area contributed by atoms with Gasteiger partial charge in [-0.25, -0.2) is 0 Å². The Bertz CT molecular complexity index is 692. The first-order valence-corrected chi connectivity index (χ1v) is 9.62. The molecule has 27 heavy (non-hydrogen) atoms. The molecule has 4 heteroatoms. The van der Waals surface area contributed by atoms with Crippen molar-refractivity contribution in [1.82, 2.24) is 0 Å². The topological polar surface area (TPSA) is 43.5 Å². The molecule has 0 bridgehead atoms. The summed E-state index contributed by atoms with van der Waals surface area (Å²) in [5, 5.41) is 0. The highest BCUT2D eigenvalue weighted by atomic mass is 16.6. The van der Waals surface area contributed by atoms with Crippen molar-refractivity contribution in [2.75, 3.05) is 26.4 Å². The van der Waals surface area contributed by atoms with Crippen molar-refractivity contribution in [2.45, 2.75) is 44.8 Å². The maximum atomic E-state index is 5.80. The summed E-state index contributed by atoms with van der Waals surface area (Å²) >= 11 is 0. The largest absolute Gasteiger partial charge is 0.494 e. The molecule has 1 aromatic rings. The third-order valence-electron chi connectivity index (χ3n) is 5.06. The van der Waals surface area contributed by atoms with E-state index in [0.717, 1.165) is 36.7 Å². The summed E-state index contributed by atoms with van der Waals surface area (Å²) in [5.74, 6) is 1.73. The van der Waals surface area contributed by atoms with Crippen LogP contribution in [0.4, 0.5) is 0 Å². The number of ether oxygens (including phenoxy) is 4. The normalized spacial score (nSPS) is 22.0. The molecule has 0 N–H and O–H groups in total. The Kier molecular flexibility index (Phi) is 6.40. The van der Waals surface area contributed by atoms with Crippen LogP contribution in [0.5, 0.6) is 5.75 Å². The zero-order valence-electron chi connectivity index (χ0n) is 16.6. The number of rotatable bonds is 11. The molecule has 3 rings (SSSR count). The van der Waals surface area contributed by atoms with Crippen molar-refractivity contribution < 1.29 is 18.9 Å². The Morgan fingerprint density at radius 1 is 1.15 bits per heavy atom. The molecule has 2 unspecified atom stereocenters. The van der Waals surface area contributed by atoms with E-state index in [9.17, 15) is 0 Å². The number of allylic oxidation sites excluding steroid dienone is 4. The van der Waals surface area contributed by atoms with Crippen LogP contribution in [-0.2, 0) is 19.6 Å². The summed E-state index contributed by atoms with van der Waals surface area (Å²) in [4.78, 5) is 0. The van der Waals surface area contributed by atoms with Gasteiger partial charge in [-0.2, -0.15) is 0 Å². The van der Waals surface area contributed by atoms with E-state index in [-0.39, 0.29) is 11.5 Å². The fourth-order valence-electron chi connectivity index (χ4n) is 2.67. The Morgan fingerprint density at radius 2 is 1.81 bits per heavy atom. The minimum Gasteiger partial charge on any atom is -0.494 e. The third kappa shape index (κ3) is 5.98. The summed E-state index contributed by atoms with van der Waals surface area (Å²) < 4.78 is 21.9. The highest BCUT2D eigenvalue weighted by molar-refractivity contribution is 5.41. The molecule has 2 saturated heterocycles. The molecule has 2 fully saturated rings. The highest BCUT2D eigenvalue weighted by Crippen LogP contribution is 2.32. The van der Waals surface area contributed by atoms with Gasteiger partial charge in [-0.05, 0) is 42.3 Å². The molecular weight excluding hydrogens is 340 g/mol. The van der Waals surface area contributed by atoms with Gasteiger partial charge in [0.25, 0.3) is 0 Å². The molecule has 0 amide bonds. The average molecular weight is 370 g/mol. The molecule has 1 aromatic carbocycles. The van der Waals surface area contributed by atoms with Crippen molar-refractivity contribution >= 4 is 0 Å². The van der Waals surface area contributed by atoms with E-state index >= 15 is 0 Å². The third-order valence-corrected chi connectivity index (χ3v) is 5.06. The summed E-state index contributed by atoms with van der Waals surface area (Å²) in [7, 11) is 0. The Labute approximate surface area is 162 Å². The molecule has 0 radical (unpaired) electrons. The molecule has 4 nitrogen and oxygen atoms in total. The van der Waals surface area contributed by atoms with Gasteiger partial charge in [-0.15, -0.1) is 0 Å². The van der Waals surface area contributed by atoms with Crippen LogP contribution in [0.2, 0.25) is 0 Å². The fraction of sp³-hybridized carbons (Fsp3) is 0.478. The molecule has 0 aromatic heterocycles. The van der Waals surface area contributed by atoms with E-state index in [0.29, 0.717) is 19.3 Å². The minimum absolute atomic E-state index is 0.185. The molecule has 0 spiro atoms. The summed E-state index contributed by atoms with van der Waals surface area (Å²) in [5.41, 5.74) is 2.03. The van der Waals surface area contributed by atoms with E-state index in [4.69, 9.17) is 18.9 Å². The standard InChI is InChI=1S/C23H30O4/c1-5-19(24-13-12-21-14-26-21)9-6-17(2)23(3,4)18-7-10-20(11-8-18)25-15-22-16-27-22/h5-11,21-22H,2,12-16H2,1,3-4H3/b9-6-,19-5+. The van der Waals surface area contributed by atoms with Crippen LogP contribution in [0.15, 0.2) is 60.4 Å². The average Bonchev–Trinajstić information content (AvgIpc) is 3.57. The van der Waals surface area contributed by atoms with Gasteiger partial charge in [-0.3, -0.25) is 0 Å². The van der Waals surface area contributed by atoms with E-state index in [2.05, 4.69) is 32.6 Å². The van der Waals surface area contributed by atoms with Crippen LogP contribution in [0, 0.1) is 0 Å². The summed E-state index contributed by atoms with van der Waals surface area (Å²) in [6, 6.07) is 8.23. The van der Waals surface area contributed by atoms with Crippen molar-refractivity contribution in [2.24, 2.45) is 0 Å². The van der Waals surface area contributed by atoms with E-state index < -0.39 is 0 Å². The van der Waals surface area contributed by atoms with Gasteiger partial charge in [-0.1, -0.05) is 38.6 Å². The van der Waals surface area contributed by atoms with Crippen molar-refractivity contribution in [3.05, 3.63) is 66.0 Å². The maximum absolute atomic E-state index is 5.80. The van der Waals surface area contributed by atoms with Crippen molar-refractivity contribution in [3.8, 4) is 5.75 Å². The number of benzene rings is 1. The number of hydrogen-bond acceptors (Lipinski definition) is 4. The smallest absolute Gasteiger partial charge is 0.119 e. The zero-order chi connectivity index (χ0) is 19.3. The first kappa shape index (κ1) is 19.7. The molecular formula is C23H30O4. The van der Waals surface area contributed by atoms with Gasteiger partial charge < -0.3 is 18.9 Å². The van der Waals surface area contributed by atoms with Gasteiger partial charge in [0.2, 0.25) is 0 Å². The summed E-state index contributed by atoms with van der Waals surface area (Å²) in [6.07, 6.45) is 7.61. The van der Waals surface area contributed by atoms with Crippen LogP contribution >= 0.6 is 0 Å². The van der Waals surface area contributed by atoms with Crippen molar-refractivity contribution in [3.63, 3.8) is 0 Å². The van der Waals surface area contributed by atoms with E-state index in [1.807, 2.05) is 37.3 Å². The quantitative estimate of drug-likeness (QED) is 0.325. The predicted molar refractivity (Wildman–Crippen MR) is 107 cm³/mol. The van der Waals surface area contributed by atoms with Crippen LogP contribution in [0.1, 0.15) is 32.8 Å². The fourth-order valence-corrected chi connectivity index (χ4v) is 2.67. The molecule has 2 atom stereocenters.